The number of amides is 1. The summed E-state index contributed by atoms with van der Waals surface area (Å²) in [6.07, 6.45) is 1.05. The molecular weight excluding hydrogens is 333 g/mol. The second-order valence-corrected chi connectivity index (χ2v) is 7.19. The molecule has 1 saturated heterocycles. The fraction of sp³-hybridized carbons (Fsp3) is 0.588. The van der Waals surface area contributed by atoms with Crippen molar-refractivity contribution in [1.29, 1.82) is 0 Å². The van der Waals surface area contributed by atoms with Gasteiger partial charge in [-0.3, -0.25) is 0 Å². The van der Waals surface area contributed by atoms with Crippen molar-refractivity contribution in [3.63, 3.8) is 0 Å². The second kappa shape index (κ2) is 9.26. The molecule has 0 radical (unpaired) electrons. The molecule has 8 nitrogen and oxygen atoms in total. The molecule has 2 N–H and O–H groups in total. The van der Waals surface area contributed by atoms with Crippen LogP contribution < -0.4 is 23.8 Å². The Morgan fingerprint density at radius 2 is 1.81 bits per heavy atom. The van der Waals surface area contributed by atoms with E-state index in [0.29, 0.717) is 18.9 Å². The second-order valence-electron chi connectivity index (χ2n) is 7.19. The summed E-state index contributed by atoms with van der Waals surface area (Å²) in [6.45, 7) is 10.7. The van der Waals surface area contributed by atoms with Crippen molar-refractivity contribution in [2.45, 2.75) is 52.3 Å². The van der Waals surface area contributed by atoms with Crippen LogP contribution in [-0.2, 0) is 4.74 Å². The Morgan fingerprint density at radius 1 is 1.19 bits per heavy atom. The monoisotopic (exact) mass is 359 g/mol. The van der Waals surface area contributed by atoms with Crippen LogP contribution >= 0.6 is 0 Å². The third-order valence-corrected chi connectivity index (χ3v) is 3.90. The number of carboxylic acids is 1. The Morgan fingerprint density at radius 3 is 2.27 bits per heavy atom. The number of anilines is 1. The quantitative estimate of drug-likeness (QED) is 0.704. The molecule has 0 aliphatic carbocycles. The van der Waals surface area contributed by atoms with E-state index in [1.165, 1.54) is 6.20 Å². The van der Waals surface area contributed by atoms with Gasteiger partial charge in [-0.05, 0) is 46.8 Å². The maximum absolute atomic E-state index is 12.3. The Bertz CT molecular complexity index is 618. The van der Waals surface area contributed by atoms with Gasteiger partial charge in [-0.25, -0.2) is 14.6 Å². The number of carbonyl (C=O) groups is 2. The van der Waals surface area contributed by atoms with Gasteiger partial charge >= 0.3 is 30.9 Å². The molecule has 0 bridgehead atoms. The van der Waals surface area contributed by atoms with E-state index in [1.54, 1.807) is 17.0 Å². The predicted octanol–water partition coefficient (Wildman–Crippen LogP) is -0.559. The number of hydrogen-bond donors (Lipinski definition) is 1. The maximum Gasteiger partial charge on any atom is 1.00 e. The summed E-state index contributed by atoms with van der Waals surface area (Å²) in [7, 11) is 0. The molecule has 1 aliphatic rings. The minimum Gasteiger partial charge on any atom is -0.870 e. The fourth-order valence-electron chi connectivity index (χ4n) is 2.70. The third-order valence-electron chi connectivity index (χ3n) is 3.90. The van der Waals surface area contributed by atoms with Gasteiger partial charge in [-0.15, -0.1) is 0 Å². The Hall–Kier alpha value is -1.75. The number of piperazine rings is 1. The van der Waals surface area contributed by atoms with E-state index in [9.17, 15) is 9.59 Å². The van der Waals surface area contributed by atoms with E-state index >= 15 is 0 Å². The molecule has 1 aliphatic heterocycles. The van der Waals surface area contributed by atoms with Crippen molar-refractivity contribution in [2.75, 3.05) is 18.0 Å². The summed E-state index contributed by atoms with van der Waals surface area (Å²) in [5.41, 5.74) is -0.363. The number of aromatic nitrogens is 1. The smallest absolute Gasteiger partial charge is 0.870 e. The van der Waals surface area contributed by atoms with Crippen LogP contribution in [-0.4, -0.2) is 63.3 Å². The van der Waals surface area contributed by atoms with Gasteiger partial charge in [0.05, 0.1) is 5.56 Å². The van der Waals surface area contributed by atoms with Crippen molar-refractivity contribution >= 4 is 17.9 Å². The predicted molar refractivity (Wildman–Crippen MR) is 92.3 cm³/mol. The number of rotatable bonds is 2. The van der Waals surface area contributed by atoms with Crippen LogP contribution in [0.3, 0.4) is 0 Å². The molecule has 2 atom stereocenters. The summed E-state index contributed by atoms with van der Waals surface area (Å²) >= 11 is 0. The van der Waals surface area contributed by atoms with E-state index in [1.807, 2.05) is 34.6 Å². The van der Waals surface area contributed by atoms with E-state index in [2.05, 4.69) is 9.88 Å². The van der Waals surface area contributed by atoms with Crippen molar-refractivity contribution in [3.8, 4) is 0 Å². The Labute approximate surface area is 166 Å². The molecular formula is C17H26LiN3O5. The molecule has 140 valence electrons. The van der Waals surface area contributed by atoms with Crippen LogP contribution in [0.1, 0.15) is 45.0 Å². The molecule has 26 heavy (non-hydrogen) atoms. The van der Waals surface area contributed by atoms with Gasteiger partial charge in [0.15, 0.2) is 0 Å². The molecule has 9 heteroatoms. The standard InChI is InChI=1S/C17H25N3O4.Li.H2O/c1-11-10-20(16(23)24-17(3,4)5)12(2)9-19(11)14-7-6-13(8-18-14)15(21)22;;/h6-8,11-12H,9-10H2,1-5H3,(H,21,22);;1H2/q;+1;/p-1/t11-,12+;;/m1../s1. The zero-order chi connectivity index (χ0) is 18.1. The maximum atomic E-state index is 12.3. The summed E-state index contributed by atoms with van der Waals surface area (Å²) in [5.74, 6) is -0.284. The van der Waals surface area contributed by atoms with E-state index in [0.717, 1.165) is 0 Å². The van der Waals surface area contributed by atoms with Gasteiger partial charge in [0.2, 0.25) is 0 Å². The number of aromatic carboxylic acids is 1. The average Bonchev–Trinajstić information content (AvgIpc) is 2.47. The first kappa shape index (κ1) is 24.2. The molecule has 0 unspecified atom stereocenters. The van der Waals surface area contributed by atoms with E-state index in [-0.39, 0.29) is 48.1 Å². The van der Waals surface area contributed by atoms with Crippen molar-refractivity contribution in [2.24, 2.45) is 0 Å². The van der Waals surface area contributed by atoms with Gasteiger partial charge in [-0.2, -0.15) is 0 Å². The normalized spacial score (nSPS) is 19.9. The van der Waals surface area contributed by atoms with Crippen LogP contribution in [0, 0.1) is 0 Å². The molecule has 0 saturated carbocycles. The number of ether oxygens (including phenoxy) is 1. The first-order valence-corrected chi connectivity index (χ1v) is 8.04. The number of hydrogen-bond acceptors (Lipinski definition) is 6. The number of nitrogens with zero attached hydrogens (tertiary/aromatic N) is 3. The summed E-state index contributed by atoms with van der Waals surface area (Å²) < 4.78 is 5.47. The molecule has 2 heterocycles. The zero-order valence-corrected chi connectivity index (χ0v) is 16.3. The van der Waals surface area contributed by atoms with Crippen molar-refractivity contribution in [3.05, 3.63) is 23.9 Å². The van der Waals surface area contributed by atoms with E-state index in [4.69, 9.17) is 9.84 Å². The zero-order valence-electron chi connectivity index (χ0n) is 16.3. The number of carboxylic acid groups (broad SMARTS) is 1. The van der Waals surface area contributed by atoms with Crippen LogP contribution in [0.25, 0.3) is 0 Å². The van der Waals surface area contributed by atoms with Crippen LogP contribution in [0.15, 0.2) is 18.3 Å². The van der Waals surface area contributed by atoms with Gasteiger partial charge in [0.1, 0.15) is 11.4 Å². The first-order chi connectivity index (χ1) is 11.1. The fourth-order valence-corrected chi connectivity index (χ4v) is 2.70. The molecule has 1 aromatic rings. The Kier molecular flexibility index (Phi) is 8.64. The van der Waals surface area contributed by atoms with Gasteiger partial charge in [-0.1, -0.05) is 0 Å². The largest absolute Gasteiger partial charge is 1.00 e. The topological polar surface area (TPSA) is 113 Å². The Balaban J connectivity index is 0.00000312. The summed E-state index contributed by atoms with van der Waals surface area (Å²) in [6, 6.07) is 3.27. The molecule has 1 fully saturated rings. The minimum atomic E-state index is -0.995. The molecule has 0 aromatic carbocycles. The average molecular weight is 359 g/mol. The van der Waals surface area contributed by atoms with Crippen molar-refractivity contribution in [1.82, 2.24) is 9.88 Å². The third kappa shape index (κ3) is 5.90. The molecule has 1 aromatic heterocycles. The van der Waals surface area contributed by atoms with Gasteiger partial charge in [0, 0.05) is 31.4 Å². The van der Waals surface area contributed by atoms with Crippen LogP contribution in [0.2, 0.25) is 0 Å². The SMILES string of the molecule is C[C@@H]1CN(C(=O)OC(C)(C)C)[C@@H](C)CN1c1ccc(C(=O)O)cn1.[Li+].[OH-]. The summed E-state index contributed by atoms with van der Waals surface area (Å²) in [4.78, 5) is 31.3. The minimum absolute atomic E-state index is 0. The number of pyridine rings is 1. The van der Waals surface area contributed by atoms with E-state index < -0.39 is 11.6 Å². The molecule has 2 rings (SSSR count). The van der Waals surface area contributed by atoms with Crippen LogP contribution in [0.5, 0.6) is 0 Å². The number of carbonyl (C=O) groups excluding carboxylic acids is 1. The van der Waals surface area contributed by atoms with Gasteiger partial charge < -0.3 is 25.1 Å². The summed E-state index contributed by atoms with van der Waals surface area (Å²) in [5, 5.41) is 8.96. The molecule has 0 spiro atoms. The van der Waals surface area contributed by atoms with Crippen LogP contribution in [0.4, 0.5) is 10.6 Å². The van der Waals surface area contributed by atoms with Gasteiger partial charge in [0.25, 0.3) is 0 Å². The van der Waals surface area contributed by atoms with Crippen molar-refractivity contribution < 1.29 is 43.8 Å². The molecule has 1 amide bonds. The first-order valence-electron chi connectivity index (χ1n) is 8.04.